The SMILES string of the molecule is CN(C)c1ccc(CCNC(=O)C(=O)Nc2ccc(F)c([N+](=O)[O-])c2)cc1. The molecule has 0 aliphatic carbocycles. The van der Waals surface area contributed by atoms with Crippen molar-refractivity contribution in [3.8, 4) is 0 Å². The second-order valence-electron chi connectivity index (χ2n) is 5.94. The van der Waals surface area contributed by atoms with Gasteiger partial charge in [0.2, 0.25) is 5.82 Å². The smallest absolute Gasteiger partial charge is 0.313 e. The Morgan fingerprint density at radius 2 is 1.78 bits per heavy atom. The number of anilines is 2. The van der Waals surface area contributed by atoms with Crippen LogP contribution in [0.1, 0.15) is 5.56 Å². The monoisotopic (exact) mass is 374 g/mol. The maximum Gasteiger partial charge on any atom is 0.313 e. The Morgan fingerprint density at radius 3 is 2.37 bits per heavy atom. The Morgan fingerprint density at radius 1 is 1.11 bits per heavy atom. The molecule has 0 heterocycles. The molecule has 0 aliphatic rings. The fourth-order valence-electron chi connectivity index (χ4n) is 2.28. The standard InChI is InChI=1S/C18H19FN4O4/c1-22(2)14-6-3-12(4-7-14)9-10-20-17(24)18(25)21-13-5-8-15(19)16(11-13)23(26)27/h3-8,11H,9-10H2,1-2H3,(H,20,24)(H,21,25). The summed E-state index contributed by atoms with van der Waals surface area (Å²) in [5, 5.41) is 15.4. The van der Waals surface area contributed by atoms with E-state index in [4.69, 9.17) is 0 Å². The molecule has 0 bridgehead atoms. The molecule has 0 radical (unpaired) electrons. The molecule has 2 aromatic rings. The molecular formula is C18H19FN4O4. The Labute approximate surface area is 155 Å². The quantitative estimate of drug-likeness (QED) is 0.458. The Kier molecular flexibility index (Phi) is 6.42. The number of rotatable bonds is 6. The first-order chi connectivity index (χ1) is 12.8. The predicted molar refractivity (Wildman–Crippen MR) is 99.2 cm³/mol. The van der Waals surface area contributed by atoms with E-state index in [1.807, 2.05) is 43.3 Å². The minimum Gasteiger partial charge on any atom is -0.378 e. The second-order valence-corrected chi connectivity index (χ2v) is 5.94. The zero-order chi connectivity index (χ0) is 20.0. The van der Waals surface area contributed by atoms with E-state index in [1.54, 1.807) is 0 Å². The molecular weight excluding hydrogens is 355 g/mol. The maximum absolute atomic E-state index is 13.3. The van der Waals surface area contributed by atoms with Crippen molar-refractivity contribution in [1.82, 2.24) is 5.32 Å². The highest BCUT2D eigenvalue weighted by Crippen LogP contribution is 2.21. The molecule has 2 amide bonds. The number of carbonyl (C=O) groups excluding carboxylic acids is 2. The molecule has 0 saturated heterocycles. The van der Waals surface area contributed by atoms with Crippen LogP contribution in [0.15, 0.2) is 42.5 Å². The first-order valence-electron chi connectivity index (χ1n) is 8.07. The summed E-state index contributed by atoms with van der Waals surface area (Å²) < 4.78 is 13.3. The van der Waals surface area contributed by atoms with Gasteiger partial charge >= 0.3 is 17.5 Å². The van der Waals surface area contributed by atoms with Crippen LogP contribution >= 0.6 is 0 Å². The Balaban J connectivity index is 1.86. The van der Waals surface area contributed by atoms with Crippen LogP contribution in [0.3, 0.4) is 0 Å². The number of nitrogens with one attached hydrogen (secondary N) is 2. The van der Waals surface area contributed by atoms with E-state index in [-0.39, 0.29) is 12.2 Å². The zero-order valence-electron chi connectivity index (χ0n) is 14.9. The number of benzene rings is 2. The van der Waals surface area contributed by atoms with Gasteiger partial charge in [-0.15, -0.1) is 0 Å². The molecule has 8 nitrogen and oxygen atoms in total. The van der Waals surface area contributed by atoms with Crippen molar-refractivity contribution >= 4 is 28.9 Å². The van der Waals surface area contributed by atoms with Gasteiger partial charge in [-0.05, 0) is 36.2 Å². The van der Waals surface area contributed by atoms with Gasteiger partial charge in [-0.1, -0.05) is 12.1 Å². The average molecular weight is 374 g/mol. The van der Waals surface area contributed by atoms with E-state index >= 15 is 0 Å². The molecule has 2 aromatic carbocycles. The predicted octanol–water partition coefficient (Wildman–Crippen LogP) is 2.10. The van der Waals surface area contributed by atoms with Crippen LogP contribution in [0.5, 0.6) is 0 Å². The van der Waals surface area contributed by atoms with Crippen LogP contribution < -0.4 is 15.5 Å². The van der Waals surface area contributed by atoms with Gasteiger partial charge in [-0.2, -0.15) is 4.39 Å². The summed E-state index contributed by atoms with van der Waals surface area (Å²) in [6.45, 7) is 0.247. The minimum absolute atomic E-state index is 0.0393. The van der Waals surface area contributed by atoms with E-state index < -0.39 is 28.2 Å². The van der Waals surface area contributed by atoms with Crippen LogP contribution in [0.2, 0.25) is 0 Å². The first kappa shape index (κ1) is 19.8. The van der Waals surface area contributed by atoms with E-state index in [2.05, 4.69) is 10.6 Å². The Bertz CT molecular complexity index is 853. The summed E-state index contributed by atoms with van der Waals surface area (Å²) in [5.74, 6) is -2.89. The van der Waals surface area contributed by atoms with Crippen molar-refractivity contribution in [3.63, 3.8) is 0 Å². The lowest BCUT2D eigenvalue weighted by atomic mass is 10.1. The maximum atomic E-state index is 13.3. The number of carbonyl (C=O) groups is 2. The molecule has 0 unspecified atom stereocenters. The molecule has 0 fully saturated rings. The number of nitro groups is 1. The van der Waals surface area contributed by atoms with E-state index in [0.717, 1.165) is 29.4 Å². The zero-order valence-corrected chi connectivity index (χ0v) is 14.9. The lowest BCUT2D eigenvalue weighted by Crippen LogP contribution is -2.36. The lowest BCUT2D eigenvalue weighted by molar-refractivity contribution is -0.387. The van der Waals surface area contributed by atoms with Gasteiger partial charge in [0, 0.05) is 38.1 Å². The normalized spacial score (nSPS) is 10.2. The number of amides is 2. The molecule has 9 heteroatoms. The van der Waals surface area contributed by atoms with Crippen molar-refractivity contribution in [2.75, 3.05) is 30.9 Å². The van der Waals surface area contributed by atoms with Crippen LogP contribution in [-0.2, 0) is 16.0 Å². The summed E-state index contributed by atoms with van der Waals surface area (Å²) in [7, 11) is 3.87. The van der Waals surface area contributed by atoms with Crippen LogP contribution in [-0.4, -0.2) is 37.4 Å². The number of hydrogen-bond acceptors (Lipinski definition) is 5. The fourth-order valence-corrected chi connectivity index (χ4v) is 2.28. The highest BCUT2D eigenvalue weighted by Gasteiger charge is 2.18. The van der Waals surface area contributed by atoms with Crippen molar-refractivity contribution < 1.29 is 18.9 Å². The molecule has 2 rings (SSSR count). The molecule has 0 atom stereocenters. The lowest BCUT2D eigenvalue weighted by Gasteiger charge is -2.12. The third kappa shape index (κ3) is 5.50. The largest absolute Gasteiger partial charge is 0.378 e. The third-order valence-corrected chi connectivity index (χ3v) is 3.76. The molecule has 0 aromatic heterocycles. The van der Waals surface area contributed by atoms with Gasteiger partial charge in [-0.25, -0.2) is 0 Å². The third-order valence-electron chi connectivity index (χ3n) is 3.76. The van der Waals surface area contributed by atoms with Crippen LogP contribution in [0.4, 0.5) is 21.5 Å². The number of hydrogen-bond donors (Lipinski definition) is 2. The Hall–Kier alpha value is -3.49. The summed E-state index contributed by atoms with van der Waals surface area (Å²) in [6, 6.07) is 10.6. The van der Waals surface area contributed by atoms with E-state index in [9.17, 15) is 24.1 Å². The summed E-state index contributed by atoms with van der Waals surface area (Å²) >= 11 is 0. The number of nitro benzene ring substituents is 1. The molecule has 0 aliphatic heterocycles. The average Bonchev–Trinajstić information content (AvgIpc) is 2.63. The summed E-state index contributed by atoms with van der Waals surface area (Å²) in [6.07, 6.45) is 0.536. The van der Waals surface area contributed by atoms with E-state index in [1.165, 1.54) is 0 Å². The first-order valence-corrected chi connectivity index (χ1v) is 8.07. The molecule has 142 valence electrons. The highest BCUT2D eigenvalue weighted by molar-refractivity contribution is 6.39. The number of nitrogens with zero attached hydrogens (tertiary/aromatic N) is 2. The minimum atomic E-state index is -1.03. The molecule has 27 heavy (non-hydrogen) atoms. The van der Waals surface area contributed by atoms with Gasteiger partial charge < -0.3 is 15.5 Å². The van der Waals surface area contributed by atoms with Crippen molar-refractivity contribution in [2.45, 2.75) is 6.42 Å². The van der Waals surface area contributed by atoms with Crippen LogP contribution in [0, 0.1) is 15.9 Å². The molecule has 2 N–H and O–H groups in total. The molecule has 0 spiro atoms. The van der Waals surface area contributed by atoms with Crippen molar-refractivity contribution in [3.05, 3.63) is 64.0 Å². The van der Waals surface area contributed by atoms with Gasteiger partial charge in [0.15, 0.2) is 0 Å². The van der Waals surface area contributed by atoms with Crippen molar-refractivity contribution in [1.29, 1.82) is 0 Å². The molecule has 0 saturated carbocycles. The second kappa shape index (κ2) is 8.75. The highest BCUT2D eigenvalue weighted by atomic mass is 19.1. The van der Waals surface area contributed by atoms with Crippen molar-refractivity contribution in [2.24, 2.45) is 0 Å². The van der Waals surface area contributed by atoms with Gasteiger partial charge in [0.1, 0.15) is 0 Å². The number of halogens is 1. The van der Waals surface area contributed by atoms with Crippen LogP contribution in [0.25, 0.3) is 0 Å². The van der Waals surface area contributed by atoms with Gasteiger partial charge in [0.25, 0.3) is 0 Å². The van der Waals surface area contributed by atoms with Gasteiger partial charge in [-0.3, -0.25) is 19.7 Å². The summed E-state index contributed by atoms with van der Waals surface area (Å²) in [5.41, 5.74) is 1.22. The fraction of sp³-hybridized carbons (Fsp3) is 0.222. The van der Waals surface area contributed by atoms with E-state index in [0.29, 0.717) is 6.42 Å². The van der Waals surface area contributed by atoms with Gasteiger partial charge in [0.05, 0.1) is 4.92 Å². The summed E-state index contributed by atoms with van der Waals surface area (Å²) in [4.78, 5) is 35.4. The topological polar surface area (TPSA) is 105 Å².